The highest BCUT2D eigenvalue weighted by Crippen LogP contribution is 2.29. The molecule has 6 nitrogen and oxygen atoms in total. The SMILES string of the molecule is COc1cc(/C=C/C(=O)Nc2ccc(OC)cc2OC)cc(OC)c1. The third-order valence-electron chi connectivity index (χ3n) is 3.47. The average molecular weight is 343 g/mol. The molecule has 0 aliphatic carbocycles. The van der Waals surface area contributed by atoms with Crippen molar-refractivity contribution in [2.45, 2.75) is 0 Å². The van der Waals surface area contributed by atoms with Gasteiger partial charge in [0.05, 0.1) is 34.1 Å². The molecule has 0 spiro atoms. The van der Waals surface area contributed by atoms with E-state index in [0.29, 0.717) is 28.7 Å². The molecule has 132 valence electrons. The molecule has 0 saturated carbocycles. The van der Waals surface area contributed by atoms with E-state index in [2.05, 4.69) is 5.32 Å². The van der Waals surface area contributed by atoms with Crippen LogP contribution < -0.4 is 24.3 Å². The number of hydrogen-bond donors (Lipinski definition) is 1. The van der Waals surface area contributed by atoms with Crippen LogP contribution in [-0.4, -0.2) is 34.3 Å². The summed E-state index contributed by atoms with van der Waals surface area (Å²) in [6.07, 6.45) is 3.11. The average Bonchev–Trinajstić information content (AvgIpc) is 2.66. The van der Waals surface area contributed by atoms with E-state index < -0.39 is 0 Å². The van der Waals surface area contributed by atoms with Gasteiger partial charge in [-0.05, 0) is 35.9 Å². The van der Waals surface area contributed by atoms with Gasteiger partial charge in [-0.15, -0.1) is 0 Å². The predicted molar refractivity (Wildman–Crippen MR) is 96.8 cm³/mol. The Bertz CT molecular complexity index is 748. The number of carbonyl (C=O) groups is 1. The minimum absolute atomic E-state index is 0.287. The molecule has 0 aromatic heterocycles. The molecule has 0 atom stereocenters. The monoisotopic (exact) mass is 343 g/mol. The molecule has 0 saturated heterocycles. The first kappa shape index (κ1) is 18.2. The van der Waals surface area contributed by atoms with Crippen LogP contribution >= 0.6 is 0 Å². The number of amides is 1. The van der Waals surface area contributed by atoms with Gasteiger partial charge in [0.25, 0.3) is 0 Å². The second-order valence-corrected chi connectivity index (χ2v) is 5.03. The van der Waals surface area contributed by atoms with Crippen molar-refractivity contribution in [1.29, 1.82) is 0 Å². The summed E-state index contributed by atoms with van der Waals surface area (Å²) in [5.41, 5.74) is 1.34. The van der Waals surface area contributed by atoms with Gasteiger partial charge in [-0.25, -0.2) is 0 Å². The van der Waals surface area contributed by atoms with Crippen LogP contribution in [0.3, 0.4) is 0 Å². The maximum atomic E-state index is 12.2. The van der Waals surface area contributed by atoms with Crippen molar-refractivity contribution < 1.29 is 23.7 Å². The zero-order valence-corrected chi connectivity index (χ0v) is 14.7. The van der Waals surface area contributed by atoms with Gasteiger partial charge in [-0.3, -0.25) is 4.79 Å². The number of anilines is 1. The Kier molecular flexibility index (Phi) is 6.28. The number of hydrogen-bond acceptors (Lipinski definition) is 5. The molecular weight excluding hydrogens is 322 g/mol. The van der Waals surface area contributed by atoms with Crippen LogP contribution in [0.2, 0.25) is 0 Å². The summed E-state index contributed by atoms with van der Waals surface area (Å²) in [6.45, 7) is 0. The molecule has 0 aliphatic rings. The Morgan fingerprint density at radius 1 is 0.840 bits per heavy atom. The van der Waals surface area contributed by atoms with Crippen molar-refractivity contribution in [3.8, 4) is 23.0 Å². The van der Waals surface area contributed by atoms with Crippen LogP contribution in [0, 0.1) is 0 Å². The van der Waals surface area contributed by atoms with Crippen LogP contribution in [-0.2, 0) is 4.79 Å². The standard InChI is InChI=1S/C19H21NO5/c1-22-14-6-7-17(18(12-14)25-4)20-19(21)8-5-13-9-15(23-2)11-16(10-13)24-3/h5-12H,1-4H3,(H,20,21)/b8-5+. The Labute approximate surface area is 147 Å². The lowest BCUT2D eigenvalue weighted by molar-refractivity contribution is -0.111. The Hall–Kier alpha value is -3.15. The Balaban J connectivity index is 2.13. The largest absolute Gasteiger partial charge is 0.497 e. The molecule has 0 bridgehead atoms. The molecule has 25 heavy (non-hydrogen) atoms. The number of carbonyl (C=O) groups excluding carboxylic acids is 1. The number of benzene rings is 2. The van der Waals surface area contributed by atoms with Crippen molar-refractivity contribution in [2.75, 3.05) is 33.8 Å². The molecule has 0 radical (unpaired) electrons. The van der Waals surface area contributed by atoms with E-state index in [1.807, 2.05) is 0 Å². The van der Waals surface area contributed by atoms with Gasteiger partial charge in [-0.2, -0.15) is 0 Å². The summed E-state index contributed by atoms with van der Waals surface area (Å²) in [6, 6.07) is 10.5. The fourth-order valence-electron chi connectivity index (χ4n) is 2.17. The Morgan fingerprint density at radius 2 is 1.48 bits per heavy atom. The third-order valence-corrected chi connectivity index (χ3v) is 3.47. The first-order valence-corrected chi connectivity index (χ1v) is 7.53. The summed E-state index contributed by atoms with van der Waals surface area (Å²) in [4.78, 5) is 12.2. The predicted octanol–water partition coefficient (Wildman–Crippen LogP) is 3.37. The number of methoxy groups -OCH3 is 4. The summed E-state index contributed by atoms with van der Waals surface area (Å²) >= 11 is 0. The van der Waals surface area contributed by atoms with Crippen LogP contribution in [0.4, 0.5) is 5.69 Å². The molecule has 2 aromatic carbocycles. The van der Waals surface area contributed by atoms with E-state index in [9.17, 15) is 4.79 Å². The van der Waals surface area contributed by atoms with Gasteiger partial charge >= 0.3 is 0 Å². The fraction of sp³-hybridized carbons (Fsp3) is 0.211. The van der Waals surface area contributed by atoms with E-state index in [4.69, 9.17) is 18.9 Å². The minimum Gasteiger partial charge on any atom is -0.497 e. The molecule has 0 heterocycles. The van der Waals surface area contributed by atoms with Crippen molar-refractivity contribution in [2.24, 2.45) is 0 Å². The molecular formula is C19H21NO5. The molecule has 1 amide bonds. The molecule has 1 N–H and O–H groups in total. The zero-order valence-electron chi connectivity index (χ0n) is 14.7. The maximum Gasteiger partial charge on any atom is 0.248 e. The van der Waals surface area contributed by atoms with Crippen molar-refractivity contribution >= 4 is 17.7 Å². The topological polar surface area (TPSA) is 66.0 Å². The lowest BCUT2D eigenvalue weighted by Gasteiger charge is -2.10. The van der Waals surface area contributed by atoms with Crippen LogP contribution in [0.15, 0.2) is 42.5 Å². The first-order valence-electron chi connectivity index (χ1n) is 7.53. The summed E-state index contributed by atoms with van der Waals surface area (Å²) in [5, 5.41) is 2.77. The lowest BCUT2D eigenvalue weighted by Crippen LogP contribution is -2.09. The molecule has 6 heteroatoms. The molecule has 0 fully saturated rings. The van der Waals surface area contributed by atoms with Crippen LogP contribution in [0.5, 0.6) is 23.0 Å². The lowest BCUT2D eigenvalue weighted by atomic mass is 10.2. The second-order valence-electron chi connectivity index (χ2n) is 5.03. The van der Waals surface area contributed by atoms with E-state index in [1.165, 1.54) is 13.2 Å². The van der Waals surface area contributed by atoms with E-state index >= 15 is 0 Å². The summed E-state index contributed by atoms with van der Waals surface area (Å²) in [7, 11) is 6.25. The Morgan fingerprint density at radius 3 is 2.04 bits per heavy atom. The first-order chi connectivity index (χ1) is 12.1. The van der Waals surface area contributed by atoms with Crippen LogP contribution in [0.25, 0.3) is 6.08 Å². The fourth-order valence-corrected chi connectivity index (χ4v) is 2.17. The van der Waals surface area contributed by atoms with E-state index in [1.54, 1.807) is 63.8 Å². The summed E-state index contributed by atoms with van der Waals surface area (Å²) in [5.74, 6) is 2.18. The van der Waals surface area contributed by atoms with Crippen molar-refractivity contribution in [1.82, 2.24) is 0 Å². The van der Waals surface area contributed by atoms with E-state index in [-0.39, 0.29) is 5.91 Å². The number of ether oxygens (including phenoxy) is 4. The molecule has 2 aromatic rings. The molecule has 2 rings (SSSR count). The van der Waals surface area contributed by atoms with Crippen molar-refractivity contribution in [3.63, 3.8) is 0 Å². The molecule has 0 aliphatic heterocycles. The maximum absolute atomic E-state index is 12.2. The van der Waals surface area contributed by atoms with Gasteiger partial charge in [0.15, 0.2) is 0 Å². The number of nitrogens with one attached hydrogen (secondary N) is 1. The van der Waals surface area contributed by atoms with E-state index in [0.717, 1.165) is 5.56 Å². The van der Waals surface area contributed by atoms with Gasteiger partial charge in [0.1, 0.15) is 23.0 Å². The second kappa shape index (κ2) is 8.63. The van der Waals surface area contributed by atoms with Gasteiger partial charge < -0.3 is 24.3 Å². The highest BCUT2D eigenvalue weighted by atomic mass is 16.5. The molecule has 0 unspecified atom stereocenters. The third kappa shape index (κ3) is 4.91. The smallest absolute Gasteiger partial charge is 0.248 e. The van der Waals surface area contributed by atoms with Crippen molar-refractivity contribution in [3.05, 3.63) is 48.0 Å². The van der Waals surface area contributed by atoms with Gasteiger partial charge in [0.2, 0.25) is 5.91 Å². The van der Waals surface area contributed by atoms with Gasteiger partial charge in [-0.1, -0.05) is 0 Å². The quantitative estimate of drug-likeness (QED) is 0.781. The van der Waals surface area contributed by atoms with Gasteiger partial charge in [0, 0.05) is 18.2 Å². The normalized spacial score (nSPS) is 10.4. The zero-order chi connectivity index (χ0) is 18.2. The summed E-state index contributed by atoms with van der Waals surface area (Å²) < 4.78 is 20.8. The highest BCUT2D eigenvalue weighted by molar-refractivity contribution is 6.02. The minimum atomic E-state index is -0.287. The van der Waals surface area contributed by atoms with Crippen LogP contribution in [0.1, 0.15) is 5.56 Å². The number of rotatable bonds is 7. The highest BCUT2D eigenvalue weighted by Gasteiger charge is 2.07.